The highest BCUT2D eigenvalue weighted by atomic mass is 16.7. The fourth-order valence-electron chi connectivity index (χ4n) is 6.35. The maximum atomic E-state index is 12.9. The Labute approximate surface area is 238 Å². The van der Waals surface area contributed by atoms with Crippen LogP contribution in [0.15, 0.2) is 0 Å². The van der Waals surface area contributed by atoms with Crippen molar-refractivity contribution < 1.29 is 54.8 Å². The molecule has 16 atom stereocenters. The van der Waals surface area contributed by atoms with Gasteiger partial charge in [0.25, 0.3) is 5.91 Å². The number of nitrogens with two attached hydrogens (primary N) is 2. The zero-order valence-electron chi connectivity index (χ0n) is 23.5. The van der Waals surface area contributed by atoms with Gasteiger partial charge in [-0.2, -0.15) is 0 Å². The monoisotopic (exact) mass is 593 g/mol. The van der Waals surface area contributed by atoms with E-state index < -0.39 is 102 Å². The Balaban J connectivity index is 1.60. The molecule has 14 N–H and O–H groups in total. The van der Waals surface area contributed by atoms with E-state index in [4.69, 9.17) is 25.7 Å². The third-order valence-electron chi connectivity index (χ3n) is 9.00. The number of likely N-dealkylation sites (N-methyl/N-ethyl adjacent to an activating group) is 2. The first kappa shape index (κ1) is 32.8. The van der Waals surface area contributed by atoms with Crippen LogP contribution in [0.5, 0.6) is 0 Å². The molecule has 16 nitrogen and oxygen atoms in total. The number of ether oxygens (including phenoxy) is 3. The van der Waals surface area contributed by atoms with Crippen LogP contribution in [0.2, 0.25) is 0 Å². The molecule has 2 heterocycles. The number of amides is 1. The minimum absolute atomic E-state index is 0.0253. The molecule has 1 amide bonds. The lowest BCUT2D eigenvalue weighted by Crippen LogP contribution is -2.71. The van der Waals surface area contributed by atoms with E-state index in [9.17, 15) is 40.5 Å². The summed E-state index contributed by atoms with van der Waals surface area (Å²) in [5.74, 6) is -1.84. The molecule has 0 spiro atoms. The number of hydrogen-bond donors (Lipinski definition) is 12. The molecule has 0 aromatic heterocycles. The second-order valence-electron chi connectivity index (χ2n) is 12.1. The SMILES string of the molecule is CCNC[C@H]1O[C@H](C2[C@@H](N)C[C@@H](NC(=O)C3(O)CC3N)[C@H](O[C@H]3OC[C@](C)(O)[C@H](NC)[C@H]3O)[C@H]2O)[C@H](O)[C@@H](O)[C@@H]1O. The van der Waals surface area contributed by atoms with E-state index in [1.54, 1.807) is 7.05 Å². The third kappa shape index (κ3) is 6.28. The zero-order chi connectivity index (χ0) is 30.4. The second-order valence-corrected chi connectivity index (χ2v) is 12.1. The van der Waals surface area contributed by atoms with Crippen molar-refractivity contribution in [1.29, 1.82) is 0 Å². The van der Waals surface area contributed by atoms with Crippen molar-refractivity contribution in [1.82, 2.24) is 16.0 Å². The van der Waals surface area contributed by atoms with Crippen molar-refractivity contribution >= 4 is 5.91 Å². The van der Waals surface area contributed by atoms with Crippen LogP contribution in [-0.4, -0.2) is 159 Å². The van der Waals surface area contributed by atoms with Gasteiger partial charge in [0, 0.05) is 31.0 Å². The summed E-state index contributed by atoms with van der Waals surface area (Å²) in [7, 11) is 1.54. The molecular weight excluding hydrogens is 546 g/mol. The summed E-state index contributed by atoms with van der Waals surface area (Å²) in [6.07, 6.45) is -12.4. The van der Waals surface area contributed by atoms with Crippen molar-refractivity contribution in [3.63, 3.8) is 0 Å². The molecule has 0 aromatic rings. The lowest BCUT2D eigenvalue weighted by molar-refractivity contribution is -0.303. The molecule has 2 aliphatic carbocycles. The van der Waals surface area contributed by atoms with Crippen LogP contribution in [0.1, 0.15) is 26.7 Å². The average Bonchev–Trinajstić information content (AvgIpc) is 3.53. The molecule has 0 aromatic carbocycles. The quantitative estimate of drug-likeness (QED) is 0.118. The highest BCUT2D eigenvalue weighted by Crippen LogP contribution is 2.39. The molecule has 2 saturated carbocycles. The number of carbonyl (C=O) groups is 1. The Kier molecular flexibility index (Phi) is 10.00. The summed E-state index contributed by atoms with van der Waals surface area (Å²) >= 11 is 0. The van der Waals surface area contributed by atoms with Crippen molar-refractivity contribution in [2.75, 3.05) is 26.7 Å². The molecule has 41 heavy (non-hydrogen) atoms. The van der Waals surface area contributed by atoms with Gasteiger partial charge in [0.2, 0.25) is 0 Å². The summed E-state index contributed by atoms with van der Waals surface area (Å²) < 4.78 is 17.7. The molecule has 4 aliphatic rings. The fourth-order valence-corrected chi connectivity index (χ4v) is 6.35. The standard InChI is InChI=1S/C25H47N5O11/c1-4-29-7-11-14(31)16(33)17(34)20(40-11)13-9(26)5-10(30-23(36)25(38)6-12(25)27)19(15(13)32)41-22-18(35)21(28-3)24(2,37)8-39-22/h9-22,28-29,31-35,37-38H,4-8,26-27H2,1-3H3,(H,30,36)/t9-,10+,11+,12?,13?,14+,15-,16-,17+,18+,19-,20+,21+,22+,24-,25?/m0/s1. The highest BCUT2D eigenvalue weighted by Gasteiger charge is 2.60. The van der Waals surface area contributed by atoms with Gasteiger partial charge >= 0.3 is 0 Å². The van der Waals surface area contributed by atoms with Gasteiger partial charge in [0.05, 0.1) is 37.0 Å². The lowest BCUT2D eigenvalue weighted by Gasteiger charge is -2.52. The van der Waals surface area contributed by atoms with E-state index in [1.165, 1.54) is 6.92 Å². The predicted octanol–water partition coefficient (Wildman–Crippen LogP) is -6.46. The molecule has 0 bridgehead atoms. The summed E-state index contributed by atoms with van der Waals surface area (Å²) in [5, 5.41) is 84.2. The Morgan fingerprint density at radius 1 is 1.05 bits per heavy atom. The van der Waals surface area contributed by atoms with Crippen molar-refractivity contribution in [3.8, 4) is 0 Å². The molecule has 16 heteroatoms. The van der Waals surface area contributed by atoms with Gasteiger partial charge < -0.3 is 77.4 Å². The average molecular weight is 594 g/mol. The van der Waals surface area contributed by atoms with E-state index in [-0.39, 0.29) is 26.0 Å². The van der Waals surface area contributed by atoms with Gasteiger partial charge in [-0.3, -0.25) is 4.79 Å². The zero-order valence-corrected chi connectivity index (χ0v) is 23.5. The molecule has 0 radical (unpaired) electrons. The smallest absolute Gasteiger partial charge is 0.253 e. The van der Waals surface area contributed by atoms with Crippen molar-refractivity contribution in [2.24, 2.45) is 17.4 Å². The molecule has 2 saturated heterocycles. The van der Waals surface area contributed by atoms with Crippen LogP contribution in [0, 0.1) is 5.92 Å². The van der Waals surface area contributed by atoms with Crippen LogP contribution in [-0.2, 0) is 19.0 Å². The van der Waals surface area contributed by atoms with E-state index in [0.717, 1.165) is 0 Å². The number of aliphatic hydroxyl groups excluding tert-OH is 5. The molecule has 3 unspecified atom stereocenters. The van der Waals surface area contributed by atoms with Gasteiger partial charge in [0.1, 0.15) is 36.1 Å². The van der Waals surface area contributed by atoms with E-state index in [0.29, 0.717) is 6.54 Å². The summed E-state index contributed by atoms with van der Waals surface area (Å²) in [6, 6.07) is -3.54. The van der Waals surface area contributed by atoms with Gasteiger partial charge in [-0.1, -0.05) is 6.92 Å². The van der Waals surface area contributed by atoms with Crippen LogP contribution in [0.3, 0.4) is 0 Å². The fraction of sp³-hybridized carbons (Fsp3) is 0.960. The first-order chi connectivity index (χ1) is 19.2. The largest absolute Gasteiger partial charge is 0.390 e. The molecular formula is C25H47N5O11. The van der Waals surface area contributed by atoms with Gasteiger partial charge in [0.15, 0.2) is 11.9 Å². The number of carbonyl (C=O) groups excluding carboxylic acids is 1. The van der Waals surface area contributed by atoms with Crippen LogP contribution in [0.25, 0.3) is 0 Å². The lowest BCUT2D eigenvalue weighted by atomic mass is 9.72. The normalized spacial score (nSPS) is 52.2. The number of aliphatic hydroxyl groups is 7. The topological polar surface area (TPSA) is 274 Å². The predicted molar refractivity (Wildman–Crippen MR) is 141 cm³/mol. The second kappa shape index (κ2) is 12.5. The first-order valence-corrected chi connectivity index (χ1v) is 14.2. The van der Waals surface area contributed by atoms with Gasteiger partial charge in [-0.25, -0.2) is 0 Å². The Morgan fingerprint density at radius 3 is 2.29 bits per heavy atom. The summed E-state index contributed by atoms with van der Waals surface area (Å²) in [6.45, 7) is 3.81. The minimum atomic E-state index is -1.78. The first-order valence-electron chi connectivity index (χ1n) is 14.2. The van der Waals surface area contributed by atoms with Gasteiger partial charge in [-0.05, 0) is 26.9 Å². The maximum Gasteiger partial charge on any atom is 0.253 e. The highest BCUT2D eigenvalue weighted by molar-refractivity contribution is 5.89. The van der Waals surface area contributed by atoms with Crippen LogP contribution in [0.4, 0.5) is 0 Å². The Hall–Kier alpha value is -1.09. The van der Waals surface area contributed by atoms with Crippen molar-refractivity contribution in [2.45, 2.75) is 117 Å². The molecule has 2 aliphatic heterocycles. The molecule has 4 fully saturated rings. The maximum absolute atomic E-state index is 12.9. The number of nitrogens with one attached hydrogen (secondary N) is 3. The Bertz CT molecular complexity index is 919. The molecule has 238 valence electrons. The van der Waals surface area contributed by atoms with Crippen LogP contribution >= 0.6 is 0 Å². The van der Waals surface area contributed by atoms with E-state index >= 15 is 0 Å². The Morgan fingerprint density at radius 2 is 1.71 bits per heavy atom. The van der Waals surface area contributed by atoms with E-state index in [2.05, 4.69) is 16.0 Å². The van der Waals surface area contributed by atoms with Crippen molar-refractivity contribution in [3.05, 3.63) is 0 Å². The van der Waals surface area contributed by atoms with Crippen LogP contribution < -0.4 is 27.4 Å². The summed E-state index contributed by atoms with van der Waals surface area (Å²) in [5.41, 5.74) is 8.99. The van der Waals surface area contributed by atoms with E-state index in [1.807, 2.05) is 6.92 Å². The minimum Gasteiger partial charge on any atom is -0.390 e. The molecule has 4 rings (SSSR count). The summed E-state index contributed by atoms with van der Waals surface area (Å²) in [4.78, 5) is 12.9. The number of rotatable bonds is 9. The number of hydrogen-bond acceptors (Lipinski definition) is 15. The van der Waals surface area contributed by atoms with Gasteiger partial charge in [-0.15, -0.1) is 0 Å². The third-order valence-corrected chi connectivity index (χ3v) is 9.00.